The van der Waals surface area contributed by atoms with Gasteiger partial charge >= 0.3 is 6.03 Å². The minimum atomic E-state index is -0.880. The summed E-state index contributed by atoms with van der Waals surface area (Å²) < 4.78 is 7.34. The zero-order valence-electron chi connectivity index (χ0n) is 19.3. The highest BCUT2D eigenvalue weighted by Gasteiger charge is 2.37. The number of imide groups is 2. The van der Waals surface area contributed by atoms with Crippen molar-refractivity contribution in [1.82, 2.24) is 5.32 Å². The summed E-state index contributed by atoms with van der Waals surface area (Å²) in [6.45, 7) is 0.334. The van der Waals surface area contributed by atoms with E-state index < -0.39 is 17.8 Å². The summed E-state index contributed by atoms with van der Waals surface area (Å²) in [5.74, 6) is -1.03. The summed E-state index contributed by atoms with van der Waals surface area (Å²) in [5.41, 5.74) is 1.52. The molecule has 10 heteroatoms. The maximum Gasteiger partial charge on any atom is 0.335 e. The molecule has 6 nitrogen and oxygen atoms in total. The molecule has 4 aromatic rings. The molecule has 38 heavy (non-hydrogen) atoms. The quantitative estimate of drug-likeness (QED) is 0.172. The number of rotatable bonds is 5. The molecule has 190 valence electrons. The summed E-state index contributed by atoms with van der Waals surface area (Å²) >= 11 is 19.1. The van der Waals surface area contributed by atoms with Gasteiger partial charge in [-0.15, -0.1) is 0 Å². The van der Waals surface area contributed by atoms with E-state index in [1.54, 1.807) is 12.1 Å². The fourth-order valence-electron chi connectivity index (χ4n) is 4.05. The maximum absolute atomic E-state index is 13.2. The third kappa shape index (κ3) is 5.22. The van der Waals surface area contributed by atoms with Crippen molar-refractivity contribution in [2.45, 2.75) is 6.61 Å². The lowest BCUT2D eigenvalue weighted by Crippen LogP contribution is -2.54. The predicted molar refractivity (Wildman–Crippen MR) is 156 cm³/mol. The van der Waals surface area contributed by atoms with Crippen molar-refractivity contribution in [3.63, 3.8) is 0 Å². The van der Waals surface area contributed by atoms with Gasteiger partial charge in [0.1, 0.15) is 17.9 Å². The Balaban J connectivity index is 1.42. The molecule has 1 aliphatic heterocycles. The molecule has 0 unspecified atom stereocenters. The van der Waals surface area contributed by atoms with Crippen molar-refractivity contribution < 1.29 is 19.1 Å². The number of carbonyl (C=O) groups excluding carboxylic acids is 3. The number of barbiturate groups is 1. The second-order valence-corrected chi connectivity index (χ2v) is 10.8. The normalized spacial score (nSPS) is 14.8. The van der Waals surface area contributed by atoms with Crippen molar-refractivity contribution in [2.24, 2.45) is 0 Å². The van der Waals surface area contributed by atoms with E-state index in [1.807, 2.05) is 42.5 Å². The second kappa shape index (κ2) is 10.9. The average Bonchev–Trinajstić information content (AvgIpc) is 2.88. The molecule has 1 N–H and O–H groups in total. The van der Waals surface area contributed by atoms with Crippen LogP contribution in [0.5, 0.6) is 5.75 Å². The third-order valence-corrected chi connectivity index (χ3v) is 7.76. The highest BCUT2D eigenvalue weighted by Crippen LogP contribution is 2.37. The highest BCUT2D eigenvalue weighted by atomic mass is 79.9. The van der Waals surface area contributed by atoms with E-state index in [4.69, 9.17) is 27.9 Å². The molecular weight excluding hydrogens is 659 g/mol. The molecule has 0 radical (unpaired) electrons. The van der Waals surface area contributed by atoms with Crippen molar-refractivity contribution in [2.75, 3.05) is 4.90 Å². The molecule has 0 saturated carbocycles. The first kappa shape index (κ1) is 26.4. The number of nitrogens with one attached hydrogen (secondary N) is 1. The van der Waals surface area contributed by atoms with E-state index in [9.17, 15) is 14.4 Å². The lowest BCUT2D eigenvalue weighted by Gasteiger charge is -2.26. The number of carbonyl (C=O) groups is 3. The van der Waals surface area contributed by atoms with Crippen LogP contribution >= 0.6 is 55.1 Å². The van der Waals surface area contributed by atoms with Gasteiger partial charge in [0.15, 0.2) is 0 Å². The number of anilines is 1. The average molecular weight is 675 g/mol. The van der Waals surface area contributed by atoms with E-state index in [2.05, 4.69) is 37.2 Å². The Kier molecular flexibility index (Phi) is 7.59. The Morgan fingerprint density at radius 1 is 0.868 bits per heavy atom. The van der Waals surface area contributed by atoms with Crippen LogP contribution in [-0.2, 0) is 16.2 Å². The molecule has 0 spiro atoms. The molecule has 0 bridgehead atoms. The Morgan fingerprint density at radius 2 is 1.58 bits per heavy atom. The van der Waals surface area contributed by atoms with Crippen molar-refractivity contribution in [3.05, 3.63) is 108 Å². The fraction of sp³-hybridized carbons (Fsp3) is 0.0357. The molecule has 1 saturated heterocycles. The predicted octanol–water partition coefficient (Wildman–Crippen LogP) is 7.92. The first-order valence-electron chi connectivity index (χ1n) is 11.2. The number of urea groups is 1. The van der Waals surface area contributed by atoms with Crippen molar-refractivity contribution in [1.29, 1.82) is 0 Å². The lowest BCUT2D eigenvalue weighted by atomic mass is 10.1. The molecule has 4 amide bonds. The van der Waals surface area contributed by atoms with E-state index in [0.29, 0.717) is 26.9 Å². The number of ether oxygens (including phenoxy) is 1. The van der Waals surface area contributed by atoms with Crippen molar-refractivity contribution >= 4 is 95.4 Å². The summed E-state index contributed by atoms with van der Waals surface area (Å²) in [5, 5.41) is 4.85. The van der Waals surface area contributed by atoms with Crippen LogP contribution in [0.15, 0.2) is 87.3 Å². The second-order valence-electron chi connectivity index (χ2n) is 8.30. The van der Waals surface area contributed by atoms with Crippen LogP contribution in [-0.4, -0.2) is 17.8 Å². The molecule has 0 aromatic heterocycles. The van der Waals surface area contributed by atoms with Gasteiger partial charge in [-0.3, -0.25) is 14.9 Å². The summed E-state index contributed by atoms with van der Waals surface area (Å²) in [6.07, 6.45) is 1.40. The van der Waals surface area contributed by atoms with Gasteiger partial charge in [-0.2, -0.15) is 0 Å². The van der Waals surface area contributed by atoms with Gasteiger partial charge in [-0.1, -0.05) is 65.7 Å². The van der Waals surface area contributed by atoms with Gasteiger partial charge in [0, 0.05) is 0 Å². The first-order valence-corrected chi connectivity index (χ1v) is 13.5. The van der Waals surface area contributed by atoms with E-state index in [1.165, 1.54) is 24.3 Å². The minimum absolute atomic E-state index is 0.166. The van der Waals surface area contributed by atoms with Gasteiger partial charge in [-0.05, 0) is 90.2 Å². The Bertz CT molecular complexity index is 1640. The topological polar surface area (TPSA) is 75.7 Å². The number of nitrogens with zero attached hydrogens (tertiary/aromatic N) is 1. The molecule has 4 aromatic carbocycles. The van der Waals surface area contributed by atoms with Crippen LogP contribution in [0.2, 0.25) is 10.0 Å². The molecule has 0 atom stereocenters. The van der Waals surface area contributed by atoms with Crippen LogP contribution in [0.1, 0.15) is 11.1 Å². The smallest absolute Gasteiger partial charge is 0.335 e. The van der Waals surface area contributed by atoms with Crippen LogP contribution in [0.25, 0.3) is 16.8 Å². The van der Waals surface area contributed by atoms with Gasteiger partial charge in [-0.25, -0.2) is 9.69 Å². The Labute approximate surface area is 244 Å². The molecule has 1 heterocycles. The summed E-state index contributed by atoms with van der Waals surface area (Å²) in [6, 6.07) is 21.0. The zero-order valence-corrected chi connectivity index (χ0v) is 24.0. The summed E-state index contributed by atoms with van der Waals surface area (Å²) in [4.78, 5) is 39.1. The number of halogens is 4. The number of hydrogen-bond acceptors (Lipinski definition) is 4. The summed E-state index contributed by atoms with van der Waals surface area (Å²) in [7, 11) is 0. The molecule has 5 rings (SSSR count). The molecule has 1 fully saturated rings. The Hall–Kier alpha value is -3.17. The van der Waals surface area contributed by atoms with Crippen LogP contribution < -0.4 is 15.0 Å². The monoisotopic (exact) mass is 672 g/mol. The van der Waals surface area contributed by atoms with E-state index in [0.717, 1.165) is 21.2 Å². The molecule has 0 aliphatic carbocycles. The zero-order chi connectivity index (χ0) is 27.0. The molecule has 1 aliphatic rings. The fourth-order valence-corrected chi connectivity index (χ4v) is 5.79. The number of benzene rings is 4. The van der Waals surface area contributed by atoms with Crippen LogP contribution in [0.4, 0.5) is 10.5 Å². The molecular formula is C28H16Br2Cl2N2O4. The number of hydrogen-bond donors (Lipinski definition) is 1. The van der Waals surface area contributed by atoms with Crippen LogP contribution in [0.3, 0.4) is 0 Å². The Morgan fingerprint density at radius 3 is 2.32 bits per heavy atom. The third-order valence-electron chi connectivity index (χ3n) is 5.85. The number of fused-ring (bicyclic) bond motifs is 1. The van der Waals surface area contributed by atoms with Crippen LogP contribution in [0, 0.1) is 0 Å². The van der Waals surface area contributed by atoms with E-state index in [-0.39, 0.29) is 21.3 Å². The number of amides is 4. The van der Waals surface area contributed by atoms with Gasteiger partial charge in [0.25, 0.3) is 11.8 Å². The lowest BCUT2D eigenvalue weighted by molar-refractivity contribution is -0.122. The SMILES string of the molecule is O=C1NC(=O)N(c2ccc(Cl)c(Cl)c2)C(=O)/C1=C/c1cc(Br)c(OCc2cccc3ccccc23)c(Br)c1. The largest absolute Gasteiger partial charge is 0.487 e. The van der Waals surface area contributed by atoms with Gasteiger partial charge in [0.05, 0.1) is 24.7 Å². The van der Waals surface area contributed by atoms with E-state index >= 15 is 0 Å². The van der Waals surface area contributed by atoms with Gasteiger partial charge < -0.3 is 4.74 Å². The van der Waals surface area contributed by atoms with Crippen molar-refractivity contribution in [3.8, 4) is 5.75 Å². The minimum Gasteiger partial charge on any atom is -0.487 e. The van der Waals surface area contributed by atoms with Gasteiger partial charge in [0.2, 0.25) is 0 Å². The standard InChI is InChI=1S/C28H16Br2Cl2N2O4/c29-21-11-15(12-22(30)25(21)38-14-17-6-3-5-16-4-1-2-7-19(16)17)10-20-26(35)33-28(37)34(27(20)36)18-8-9-23(31)24(32)13-18/h1-13H,14H2,(H,33,35,37)/b20-10+. The first-order chi connectivity index (χ1) is 18.2. The highest BCUT2D eigenvalue weighted by molar-refractivity contribution is 9.11. The maximum atomic E-state index is 13.2.